The summed E-state index contributed by atoms with van der Waals surface area (Å²) in [6.07, 6.45) is -8.19. The molecule has 10 unspecified atom stereocenters. The monoisotopic (exact) mass is 1750 g/mol. The first kappa shape index (κ1) is 111. The Morgan fingerprint density at radius 3 is 1.33 bits per heavy atom. The Labute approximate surface area is 645 Å². The van der Waals surface area contributed by atoms with Crippen LogP contribution in [0.25, 0.3) is 0 Å². The van der Waals surface area contributed by atoms with Gasteiger partial charge in [0.2, 0.25) is 0 Å². The Bertz CT molecular complexity index is 3120. The van der Waals surface area contributed by atoms with Crippen molar-refractivity contribution in [3.8, 4) is 5.40 Å². The summed E-state index contributed by atoms with van der Waals surface area (Å²) >= 11 is 12.7. The van der Waals surface area contributed by atoms with E-state index in [0.717, 1.165) is 0 Å². The van der Waals surface area contributed by atoms with Gasteiger partial charge in [-0.05, 0) is 25.6 Å². The second kappa shape index (κ2) is 62.9. The van der Waals surface area contributed by atoms with Gasteiger partial charge < -0.3 is 91.0 Å². The molecule has 3 fully saturated rings. The number of carbonyl (C=O) groups excluding carboxylic acids is 1. The molecule has 0 saturated carbocycles. The summed E-state index contributed by atoms with van der Waals surface area (Å²) in [6.45, 7) is -0.320. The maximum absolute atomic E-state index is 12.1. The minimum Gasteiger partial charge on any atom is -0.709 e. The second-order valence-electron chi connectivity index (χ2n) is 15.8. The summed E-state index contributed by atoms with van der Waals surface area (Å²) in [5, 5.41) is 134. The number of ether oxygens (including phenoxy) is 1. The zero-order chi connectivity index (χ0) is 80.7. The summed E-state index contributed by atoms with van der Waals surface area (Å²) in [6, 6.07) is 0. The molecule has 0 aromatic rings. The van der Waals surface area contributed by atoms with Gasteiger partial charge in [-0.2, -0.15) is 13.7 Å². The fourth-order valence-corrected chi connectivity index (χ4v) is 10.8. The molecular weight excluding hydrogens is 1700 g/mol. The van der Waals surface area contributed by atoms with Crippen LogP contribution in [0.4, 0.5) is 0 Å². The molecule has 0 N–H and O–H groups in total. The predicted molar refractivity (Wildman–Crippen MR) is 310 cm³/mol. The summed E-state index contributed by atoms with van der Waals surface area (Å²) < 4.78 is 94.1. The summed E-state index contributed by atoms with van der Waals surface area (Å²) in [5.74, 6) is -2.49. The molecule has 0 radical (unpaired) electrons. The third kappa shape index (κ3) is 76.2. The molecule has 598 valence electrons. The van der Waals surface area contributed by atoms with Crippen LogP contribution in [0.3, 0.4) is 0 Å². The van der Waals surface area contributed by atoms with Crippen LogP contribution in [0.15, 0.2) is 0 Å². The number of hydrogen-bond donors (Lipinski definition) is 0. The van der Waals surface area contributed by atoms with Crippen molar-refractivity contribution in [2.24, 2.45) is 0 Å². The Morgan fingerprint density at radius 1 is 0.600 bits per heavy atom. The van der Waals surface area contributed by atoms with E-state index in [2.05, 4.69) is 102 Å². The Hall–Kier alpha value is -7.25. The molecule has 65 nitrogen and oxygen atoms in total. The first-order chi connectivity index (χ1) is 47.5. The fourth-order valence-electron chi connectivity index (χ4n) is 4.87. The van der Waals surface area contributed by atoms with E-state index in [9.17, 15) is 162 Å². The van der Waals surface area contributed by atoms with Crippen LogP contribution in [-0.2, 0) is 159 Å². The van der Waals surface area contributed by atoms with E-state index >= 15 is 0 Å². The average molecular weight is 1750 g/mol. The van der Waals surface area contributed by atoms with Gasteiger partial charge in [-0.3, -0.25) is 17.7 Å². The van der Waals surface area contributed by atoms with Gasteiger partial charge in [-0.1, -0.05) is 0 Å². The number of nitrogens with zero attached hydrogens (tertiary/aromatic N) is 13. The van der Waals surface area contributed by atoms with Gasteiger partial charge in [0.05, 0.1) is 62.1 Å². The van der Waals surface area contributed by atoms with E-state index in [0.29, 0.717) is 11.8 Å². The summed E-state index contributed by atoms with van der Waals surface area (Å²) in [7, 11) is -14.3. The van der Waals surface area contributed by atoms with Crippen molar-refractivity contribution in [2.75, 3.05) is 107 Å². The number of thiocyanates is 1. The minimum atomic E-state index is -3.77. The zero-order valence-corrected chi connectivity index (χ0v) is 63.9. The van der Waals surface area contributed by atoms with Crippen molar-refractivity contribution in [2.45, 2.75) is 63.0 Å². The maximum Gasteiger partial charge on any atom is 1.00 e. The number of hydrogen-bond acceptors (Lipinski definition) is 56. The van der Waals surface area contributed by atoms with Gasteiger partial charge in [0, 0.05) is 28.1 Å². The summed E-state index contributed by atoms with van der Waals surface area (Å²) in [4.78, 5) is 175. The number of rotatable bonds is 43. The molecule has 0 aliphatic carbocycles. The molecule has 3 saturated heterocycles. The molecule has 0 amide bonds. The van der Waals surface area contributed by atoms with E-state index in [1.807, 2.05) is 0 Å². The van der Waals surface area contributed by atoms with Crippen molar-refractivity contribution in [3.63, 3.8) is 0 Å². The van der Waals surface area contributed by atoms with Crippen molar-refractivity contribution in [3.05, 3.63) is 121 Å². The zero-order valence-electron chi connectivity index (χ0n) is 52.5. The fraction of sp³-hybridized carbons (Fsp3) is 0.931. The molecule has 76 heteroatoms. The first-order valence-corrected chi connectivity index (χ1v) is 35.9. The van der Waals surface area contributed by atoms with E-state index < -0.39 is 213 Å². The van der Waals surface area contributed by atoms with Crippen molar-refractivity contribution >= 4 is 98.0 Å². The molecule has 3 aliphatic heterocycles. The van der Waals surface area contributed by atoms with Crippen LogP contribution in [0.1, 0.15) is 20.3 Å². The van der Waals surface area contributed by atoms with Gasteiger partial charge in [-0.15, -0.1) is 133 Å². The van der Waals surface area contributed by atoms with Gasteiger partial charge >= 0.3 is 72.7 Å². The average Bonchev–Trinajstić information content (AvgIpc) is 1.85. The van der Waals surface area contributed by atoms with E-state index in [1.54, 1.807) is 19.2 Å². The molecule has 0 aromatic carbocycles. The van der Waals surface area contributed by atoms with Gasteiger partial charge in [0.15, 0.2) is 17.2 Å². The van der Waals surface area contributed by atoms with Crippen LogP contribution in [-0.4, -0.2) is 238 Å². The molecular formula is C29H49ClN13Na2O52PS7. The van der Waals surface area contributed by atoms with Crippen LogP contribution in [0, 0.1) is 132 Å². The number of thioether (sulfide) groups is 1. The van der Waals surface area contributed by atoms with Gasteiger partial charge in [-0.25, -0.2) is 12.6 Å². The quantitative estimate of drug-likeness (QED) is 0.00629. The molecule has 0 spiro atoms. The van der Waals surface area contributed by atoms with Gasteiger partial charge in [0.25, 0.3) is 71.2 Å². The number of nitriles is 1. The smallest absolute Gasteiger partial charge is 0.709 e. The molecule has 3 heterocycles. The molecule has 10 atom stereocenters. The largest absolute Gasteiger partial charge is 1.00 e. The molecule has 3 aliphatic rings. The number of alkyl halides is 1. The van der Waals surface area contributed by atoms with Crippen LogP contribution < -0.4 is 69.6 Å². The minimum absolute atomic E-state index is 0. The number of cyclic esters (lactones) is 1. The molecule has 3 rings (SSSR count). The van der Waals surface area contributed by atoms with Crippen molar-refractivity contribution < 1.29 is 250 Å². The Morgan fingerprint density at radius 2 is 0.990 bits per heavy atom. The van der Waals surface area contributed by atoms with E-state index in [4.69, 9.17) is 25.9 Å². The number of carbonyl (C=O) groups is 1. The van der Waals surface area contributed by atoms with Crippen molar-refractivity contribution in [1.29, 1.82) is 5.26 Å². The second-order valence-corrected chi connectivity index (χ2v) is 28.1. The van der Waals surface area contributed by atoms with Crippen LogP contribution in [0.2, 0.25) is 0 Å². The van der Waals surface area contributed by atoms with E-state index in [1.165, 1.54) is 0 Å². The first-order valence-electron chi connectivity index (χ1n) is 24.7. The van der Waals surface area contributed by atoms with Gasteiger partial charge in [0.1, 0.15) is 105 Å². The topological polar surface area (TPSA) is 882 Å². The van der Waals surface area contributed by atoms with Crippen LogP contribution in [0.5, 0.6) is 0 Å². The standard InChI is InChI=1S/C7H15N2O9P.C4H5N3O6S.C4H5NO5.C3H5ClN2O6.C3H6N2O9S2.C3H5NO6S.C3H5NO5S.C2H5NO6S2.2Na/c1-3-16-19(14,17-4-2)6-7(18-9(12)13)5-15-8(10)11;5-3-14-2-4(13-7(10)11)1-12-6(8)9;6-4-1-3(2-9-4)10-5(7)8;4-1-3(12-6(9)10)2-11-5(7)8;6-4(7)12-1-3(13-5(8)9)2-16(11,15)14-10;5-4(6)10-3-1-9-11(7,8)2-3;5-4(6)9-3-1-8-10(7)2-3;4-3(5)8-1-2-11(7,10)9-6;;/h7H,3-6H2,1-2H3;4H,1-2H2;3H,1-2H2;3H,1-2H2;3,10H,1-2H2;3H,1-2H2;3H,1-2H2;6H,1-2H2;;/q;;;;;;;;2*+1/p-2. The molecule has 0 aromatic heterocycles. The van der Waals surface area contributed by atoms with E-state index in [-0.39, 0.29) is 116 Å². The van der Waals surface area contributed by atoms with Crippen molar-refractivity contribution in [1.82, 2.24) is 0 Å². The van der Waals surface area contributed by atoms with Crippen LogP contribution >= 0.6 is 31.0 Å². The molecule has 105 heavy (non-hydrogen) atoms. The third-order valence-electron chi connectivity index (χ3n) is 8.18. The summed E-state index contributed by atoms with van der Waals surface area (Å²) in [5.41, 5.74) is 0. The maximum atomic E-state index is 12.1. The normalized spacial score (nSPS) is 17.4. The predicted octanol–water partition coefficient (Wildman–Crippen LogP) is -11.4. The Kier molecular flexibility index (Phi) is 66.6. The number of esters is 1. The SMILES string of the molecule is CCOP(=O)(CC(CO[N+](=O)[O-])O[N+](=O)[O-])OCC.N#CSCC(CO[N+](=O)[O-])O[N+](=O)[O-].O=C1CC(O[N+](=O)[O-])CO1.O=[N+]([O-])OC1COS(=O)(=O)C1.O=[N+]([O-])OC1COS(=O)C1.O=[N+]([O-])OCC(CCl)O[N+](=O)[O-].O=[N+]([O-])OCC(CS(=O)(=S)O[O-])O[N+](=O)[O-].O=[N+]([O-])OCCS(=O)(=S)O[O-].[Na+].[Na+]. The molecule has 0 bridgehead atoms. The Balaban J connectivity index is -0.000000210. The third-order valence-corrected chi connectivity index (χ3v) is 16.8. The number of halogens is 1.